The average molecular weight is 600 g/mol. The number of aromatic hydroxyl groups is 7. The molecule has 1 saturated heterocycles. The Labute approximate surface area is 239 Å². The van der Waals surface area contributed by atoms with E-state index in [9.17, 15) is 55.5 Å². The molecule has 1 aliphatic rings. The van der Waals surface area contributed by atoms with E-state index in [0.29, 0.717) is 0 Å². The number of rotatable bonds is 5. The molecule has 0 saturated carbocycles. The zero-order chi connectivity index (χ0) is 31.3. The standard InChI is InChI=1S/C28H24O15/c1-9-20(35)23(38)26(42-27(39)11-5-16(33)21(36)17(34)6-11)28(40-9)43-25-22(37)19-15(32)7-12(29)8-18(19)41-24(25)10-2-3-13(30)14(31)4-10/h2-9,20,23,26,28-36,38H,1H3/t9-,20-,23+,26+,28-/m0/s1. The van der Waals surface area contributed by atoms with Crippen LogP contribution in [0.1, 0.15) is 17.3 Å². The van der Waals surface area contributed by atoms with Gasteiger partial charge in [0.15, 0.2) is 40.6 Å². The van der Waals surface area contributed by atoms with E-state index in [1.165, 1.54) is 13.0 Å². The molecule has 15 heteroatoms. The van der Waals surface area contributed by atoms with E-state index in [4.69, 9.17) is 18.6 Å². The van der Waals surface area contributed by atoms with Crippen molar-refractivity contribution >= 4 is 16.9 Å². The maximum atomic E-state index is 13.7. The van der Waals surface area contributed by atoms with E-state index in [1.54, 1.807) is 0 Å². The molecule has 9 N–H and O–H groups in total. The number of ether oxygens (including phenoxy) is 3. The summed E-state index contributed by atoms with van der Waals surface area (Å²) in [5.41, 5.74) is -1.86. The molecule has 15 nitrogen and oxygen atoms in total. The summed E-state index contributed by atoms with van der Waals surface area (Å²) in [4.78, 5) is 26.6. The SMILES string of the molecule is C[C@@H]1O[C@@H](Oc2c(-c3ccc(O)c(O)c3)oc3cc(O)cc(O)c3c2=O)[C@H](OC(=O)c2cc(O)c(O)c(O)c2)[C@H](O)[C@H]1O. The summed E-state index contributed by atoms with van der Waals surface area (Å²) in [7, 11) is 0. The summed E-state index contributed by atoms with van der Waals surface area (Å²) < 4.78 is 22.5. The van der Waals surface area contributed by atoms with Gasteiger partial charge in [0.2, 0.25) is 17.5 Å². The quantitative estimate of drug-likeness (QED) is 0.116. The Morgan fingerprint density at radius 3 is 2.14 bits per heavy atom. The Morgan fingerprint density at radius 2 is 1.49 bits per heavy atom. The summed E-state index contributed by atoms with van der Waals surface area (Å²) in [6, 6.07) is 6.72. The monoisotopic (exact) mass is 600 g/mol. The number of aliphatic hydroxyl groups is 2. The van der Waals surface area contributed by atoms with Crippen LogP contribution in [0.4, 0.5) is 0 Å². The molecule has 0 aliphatic carbocycles. The zero-order valence-electron chi connectivity index (χ0n) is 21.9. The number of benzene rings is 3. The Morgan fingerprint density at radius 1 is 0.814 bits per heavy atom. The van der Waals surface area contributed by atoms with Crippen LogP contribution in [0.3, 0.4) is 0 Å². The van der Waals surface area contributed by atoms with E-state index in [2.05, 4.69) is 0 Å². The normalized spacial score (nSPS) is 21.9. The maximum Gasteiger partial charge on any atom is 0.339 e. The van der Waals surface area contributed by atoms with Crippen LogP contribution in [0.5, 0.6) is 46.0 Å². The van der Waals surface area contributed by atoms with Crippen LogP contribution in [0, 0.1) is 0 Å². The average Bonchev–Trinajstić information content (AvgIpc) is 2.94. The van der Waals surface area contributed by atoms with Crippen molar-refractivity contribution in [1.82, 2.24) is 0 Å². The van der Waals surface area contributed by atoms with Crippen LogP contribution in [0.15, 0.2) is 51.7 Å². The van der Waals surface area contributed by atoms with Crippen LogP contribution < -0.4 is 10.2 Å². The molecule has 0 unspecified atom stereocenters. The van der Waals surface area contributed by atoms with Gasteiger partial charge >= 0.3 is 5.97 Å². The lowest BCUT2D eigenvalue weighted by atomic mass is 9.99. The van der Waals surface area contributed by atoms with Crippen molar-refractivity contribution in [3.05, 3.63) is 58.3 Å². The van der Waals surface area contributed by atoms with Crippen molar-refractivity contribution < 1.29 is 69.4 Å². The van der Waals surface area contributed by atoms with Crippen molar-refractivity contribution in [3.63, 3.8) is 0 Å². The smallest absolute Gasteiger partial charge is 0.339 e. The molecule has 1 aliphatic heterocycles. The topological polar surface area (TPSA) is 257 Å². The van der Waals surface area contributed by atoms with Gasteiger partial charge < -0.3 is 64.6 Å². The zero-order valence-corrected chi connectivity index (χ0v) is 21.9. The molecule has 1 aromatic heterocycles. The fourth-order valence-electron chi connectivity index (χ4n) is 4.48. The second-order valence-corrected chi connectivity index (χ2v) is 9.67. The molecule has 0 radical (unpaired) electrons. The van der Waals surface area contributed by atoms with Crippen molar-refractivity contribution in [2.75, 3.05) is 0 Å². The fraction of sp³-hybridized carbons (Fsp3) is 0.214. The van der Waals surface area contributed by atoms with Gasteiger partial charge in [-0.3, -0.25) is 4.79 Å². The molecule has 43 heavy (non-hydrogen) atoms. The lowest BCUT2D eigenvalue weighted by Crippen LogP contribution is -2.60. The number of phenols is 7. The fourth-order valence-corrected chi connectivity index (χ4v) is 4.48. The number of aliphatic hydroxyl groups excluding tert-OH is 2. The third kappa shape index (κ3) is 5.23. The first-order valence-electron chi connectivity index (χ1n) is 12.5. The second-order valence-electron chi connectivity index (χ2n) is 9.67. The first-order valence-corrected chi connectivity index (χ1v) is 12.5. The van der Waals surface area contributed by atoms with Gasteiger partial charge in [-0.2, -0.15) is 0 Å². The number of esters is 1. The molecule has 2 heterocycles. The highest BCUT2D eigenvalue weighted by Crippen LogP contribution is 2.40. The molecule has 3 aromatic carbocycles. The van der Waals surface area contributed by atoms with Crippen molar-refractivity contribution in [2.45, 2.75) is 37.6 Å². The number of carbonyl (C=O) groups is 1. The minimum absolute atomic E-state index is 0.0415. The molecular formula is C28H24O15. The molecule has 1 fully saturated rings. The predicted molar refractivity (Wildman–Crippen MR) is 142 cm³/mol. The highest BCUT2D eigenvalue weighted by Gasteiger charge is 2.47. The third-order valence-corrected chi connectivity index (χ3v) is 6.72. The molecule has 5 rings (SSSR count). The van der Waals surface area contributed by atoms with E-state index in [0.717, 1.165) is 36.4 Å². The van der Waals surface area contributed by atoms with Crippen LogP contribution in [-0.4, -0.2) is 82.6 Å². The number of hydrogen-bond donors (Lipinski definition) is 9. The first-order chi connectivity index (χ1) is 20.3. The first kappa shape index (κ1) is 29.1. The summed E-state index contributed by atoms with van der Waals surface area (Å²) in [6.07, 6.45) is -8.39. The van der Waals surface area contributed by atoms with Crippen LogP contribution in [-0.2, 0) is 9.47 Å². The second kappa shape index (κ2) is 10.8. The van der Waals surface area contributed by atoms with Gasteiger partial charge in [0, 0.05) is 17.7 Å². The van der Waals surface area contributed by atoms with Gasteiger partial charge in [0.25, 0.3) is 0 Å². The molecule has 4 aromatic rings. The number of carbonyl (C=O) groups excluding carboxylic acids is 1. The molecule has 5 atom stereocenters. The Kier molecular flexibility index (Phi) is 7.31. The van der Waals surface area contributed by atoms with Crippen molar-refractivity contribution in [1.29, 1.82) is 0 Å². The van der Waals surface area contributed by atoms with Gasteiger partial charge in [0.1, 0.15) is 34.7 Å². The van der Waals surface area contributed by atoms with Gasteiger partial charge in [0.05, 0.1) is 11.7 Å². The van der Waals surface area contributed by atoms with E-state index < -0.39 is 105 Å². The largest absolute Gasteiger partial charge is 0.508 e. The van der Waals surface area contributed by atoms with Gasteiger partial charge in [-0.1, -0.05) is 0 Å². The number of phenolic OH excluding ortho intramolecular Hbond substituents is 7. The number of hydrogen-bond acceptors (Lipinski definition) is 15. The Bertz CT molecular complexity index is 1770. The lowest BCUT2D eigenvalue weighted by Gasteiger charge is -2.40. The van der Waals surface area contributed by atoms with Crippen molar-refractivity contribution in [3.8, 4) is 57.3 Å². The van der Waals surface area contributed by atoms with Crippen molar-refractivity contribution in [2.24, 2.45) is 0 Å². The third-order valence-electron chi connectivity index (χ3n) is 6.72. The molecule has 0 bridgehead atoms. The molecule has 226 valence electrons. The van der Waals surface area contributed by atoms with Crippen LogP contribution >= 0.6 is 0 Å². The summed E-state index contributed by atoms with van der Waals surface area (Å²) >= 11 is 0. The van der Waals surface area contributed by atoms with Gasteiger partial charge in [-0.05, 0) is 37.3 Å². The summed E-state index contributed by atoms with van der Waals surface area (Å²) in [5, 5.41) is 90.1. The highest BCUT2D eigenvalue weighted by molar-refractivity contribution is 5.91. The molecule has 0 amide bonds. The molecule has 0 spiro atoms. The maximum absolute atomic E-state index is 13.7. The van der Waals surface area contributed by atoms with Gasteiger partial charge in [-0.15, -0.1) is 0 Å². The number of fused-ring (bicyclic) bond motifs is 1. The molecular weight excluding hydrogens is 576 g/mol. The predicted octanol–water partition coefficient (Wildman–Crippen LogP) is 1.47. The summed E-state index contributed by atoms with van der Waals surface area (Å²) in [6.45, 7) is 1.34. The Balaban J connectivity index is 1.62. The Hall–Kier alpha value is -5.38. The van der Waals surface area contributed by atoms with Crippen LogP contribution in [0.2, 0.25) is 0 Å². The lowest BCUT2D eigenvalue weighted by molar-refractivity contribution is -0.267. The highest BCUT2D eigenvalue weighted by atomic mass is 16.7. The van der Waals surface area contributed by atoms with E-state index in [-0.39, 0.29) is 11.1 Å². The summed E-state index contributed by atoms with van der Waals surface area (Å²) in [5.74, 6) is -7.30. The minimum Gasteiger partial charge on any atom is -0.508 e. The van der Waals surface area contributed by atoms with Crippen LogP contribution in [0.25, 0.3) is 22.3 Å². The minimum atomic E-state index is -1.88. The van der Waals surface area contributed by atoms with E-state index in [1.807, 2.05) is 0 Å². The van der Waals surface area contributed by atoms with Gasteiger partial charge in [-0.25, -0.2) is 4.79 Å². The van der Waals surface area contributed by atoms with E-state index >= 15 is 0 Å².